The van der Waals surface area contributed by atoms with Gasteiger partial charge in [0.15, 0.2) is 11.6 Å². The van der Waals surface area contributed by atoms with Crippen LogP contribution in [0, 0.1) is 5.82 Å². The van der Waals surface area contributed by atoms with Crippen LogP contribution in [0.1, 0.15) is 18.4 Å². The summed E-state index contributed by atoms with van der Waals surface area (Å²) >= 11 is 0. The third kappa shape index (κ3) is 3.10. The van der Waals surface area contributed by atoms with E-state index >= 15 is 0 Å². The van der Waals surface area contributed by atoms with Gasteiger partial charge in [0, 0.05) is 37.6 Å². The summed E-state index contributed by atoms with van der Waals surface area (Å²) in [4.78, 5) is 11.0. The van der Waals surface area contributed by atoms with Gasteiger partial charge in [0.25, 0.3) is 0 Å². The monoisotopic (exact) mass is 302 g/mol. The number of methoxy groups -OCH3 is 1. The van der Waals surface area contributed by atoms with Crippen molar-refractivity contribution in [2.24, 2.45) is 0 Å². The second kappa shape index (κ2) is 6.60. The Morgan fingerprint density at radius 1 is 1.23 bits per heavy atom. The predicted molar refractivity (Wildman–Crippen MR) is 83.8 cm³/mol. The summed E-state index contributed by atoms with van der Waals surface area (Å²) in [5.41, 5.74) is 1.56. The van der Waals surface area contributed by atoms with Crippen molar-refractivity contribution in [3.8, 4) is 5.75 Å². The van der Waals surface area contributed by atoms with Crippen LogP contribution in [-0.4, -0.2) is 30.2 Å². The number of halogens is 1. The average Bonchev–Trinajstić information content (AvgIpc) is 3.08. The molecule has 5 nitrogen and oxygen atoms in total. The largest absolute Gasteiger partial charge is 0.492 e. The minimum absolute atomic E-state index is 0.220. The molecule has 0 bridgehead atoms. The van der Waals surface area contributed by atoms with E-state index in [2.05, 4.69) is 20.2 Å². The topological polar surface area (TPSA) is 50.3 Å². The Kier molecular flexibility index (Phi) is 4.37. The molecule has 1 aromatic heterocycles. The van der Waals surface area contributed by atoms with Gasteiger partial charge in [-0.15, -0.1) is 0 Å². The van der Waals surface area contributed by atoms with Gasteiger partial charge >= 0.3 is 0 Å². The van der Waals surface area contributed by atoms with E-state index in [0.717, 1.165) is 24.6 Å². The van der Waals surface area contributed by atoms with Crippen LogP contribution >= 0.6 is 0 Å². The smallest absolute Gasteiger partial charge is 0.225 e. The van der Waals surface area contributed by atoms with Crippen molar-refractivity contribution in [2.75, 3.05) is 30.4 Å². The maximum atomic E-state index is 13.6. The van der Waals surface area contributed by atoms with Crippen molar-refractivity contribution >= 4 is 11.6 Å². The Morgan fingerprint density at radius 2 is 1.95 bits per heavy atom. The first-order chi connectivity index (χ1) is 10.8. The SMILES string of the molecule is COc1c(F)cccc1NCc1cnc(N2CCCC2)nc1. The molecule has 22 heavy (non-hydrogen) atoms. The van der Waals surface area contributed by atoms with Crippen molar-refractivity contribution in [2.45, 2.75) is 19.4 Å². The maximum absolute atomic E-state index is 13.6. The zero-order chi connectivity index (χ0) is 15.4. The van der Waals surface area contributed by atoms with Crippen LogP contribution in [0.15, 0.2) is 30.6 Å². The van der Waals surface area contributed by atoms with Gasteiger partial charge in [-0.3, -0.25) is 0 Å². The molecule has 0 saturated carbocycles. The molecule has 0 amide bonds. The summed E-state index contributed by atoms with van der Waals surface area (Å²) in [6, 6.07) is 4.80. The molecule has 1 fully saturated rings. The van der Waals surface area contributed by atoms with E-state index in [1.54, 1.807) is 24.5 Å². The van der Waals surface area contributed by atoms with Gasteiger partial charge in [-0.25, -0.2) is 14.4 Å². The zero-order valence-corrected chi connectivity index (χ0v) is 12.6. The van der Waals surface area contributed by atoms with Gasteiger partial charge < -0.3 is 15.0 Å². The van der Waals surface area contributed by atoms with E-state index in [0.29, 0.717) is 12.2 Å². The van der Waals surface area contributed by atoms with Crippen molar-refractivity contribution in [1.29, 1.82) is 0 Å². The van der Waals surface area contributed by atoms with Crippen molar-refractivity contribution in [3.05, 3.63) is 42.0 Å². The van der Waals surface area contributed by atoms with Crippen LogP contribution in [0.2, 0.25) is 0 Å². The van der Waals surface area contributed by atoms with E-state index in [9.17, 15) is 4.39 Å². The van der Waals surface area contributed by atoms with Crippen LogP contribution in [0.4, 0.5) is 16.0 Å². The molecule has 0 spiro atoms. The number of ether oxygens (including phenoxy) is 1. The molecule has 1 saturated heterocycles. The van der Waals surface area contributed by atoms with E-state index < -0.39 is 0 Å². The van der Waals surface area contributed by atoms with Gasteiger partial charge in [-0.2, -0.15) is 0 Å². The standard InChI is InChI=1S/C16H19FN4O/c1-22-15-13(17)5-4-6-14(15)18-9-12-10-19-16(20-11-12)21-7-2-3-8-21/h4-6,10-11,18H,2-3,7-9H2,1H3. The summed E-state index contributed by atoms with van der Waals surface area (Å²) in [7, 11) is 1.46. The first kappa shape index (κ1) is 14.6. The number of hydrogen-bond donors (Lipinski definition) is 1. The van der Waals surface area contributed by atoms with Crippen molar-refractivity contribution < 1.29 is 9.13 Å². The molecule has 1 aliphatic heterocycles. The van der Waals surface area contributed by atoms with Gasteiger partial charge in [0.2, 0.25) is 5.95 Å². The summed E-state index contributed by atoms with van der Waals surface area (Å²) in [5, 5.41) is 3.15. The zero-order valence-electron chi connectivity index (χ0n) is 12.6. The Hall–Kier alpha value is -2.37. The number of nitrogens with one attached hydrogen (secondary N) is 1. The minimum Gasteiger partial charge on any atom is -0.492 e. The third-order valence-electron chi connectivity index (χ3n) is 3.73. The van der Waals surface area contributed by atoms with Crippen LogP contribution in [0.25, 0.3) is 0 Å². The Labute approximate surface area is 129 Å². The molecule has 1 aromatic carbocycles. The second-order valence-electron chi connectivity index (χ2n) is 5.26. The van der Waals surface area contributed by atoms with Crippen molar-refractivity contribution in [3.63, 3.8) is 0 Å². The van der Waals surface area contributed by atoms with Gasteiger partial charge in [-0.1, -0.05) is 6.07 Å². The molecule has 0 radical (unpaired) electrons. The van der Waals surface area contributed by atoms with Crippen molar-refractivity contribution in [1.82, 2.24) is 9.97 Å². The van der Waals surface area contributed by atoms with Gasteiger partial charge in [0.05, 0.1) is 12.8 Å². The molecule has 1 N–H and O–H groups in total. The lowest BCUT2D eigenvalue weighted by molar-refractivity contribution is 0.388. The quantitative estimate of drug-likeness (QED) is 0.920. The van der Waals surface area contributed by atoms with Gasteiger partial charge in [0.1, 0.15) is 0 Å². The number of nitrogens with zero attached hydrogens (tertiary/aromatic N) is 3. The lowest BCUT2D eigenvalue weighted by Crippen LogP contribution is -2.20. The lowest BCUT2D eigenvalue weighted by Gasteiger charge is -2.15. The molecule has 1 aliphatic rings. The summed E-state index contributed by atoms with van der Waals surface area (Å²) in [5.74, 6) is 0.620. The van der Waals surface area contributed by atoms with E-state index in [1.807, 2.05) is 0 Å². The average molecular weight is 302 g/mol. The van der Waals surface area contributed by atoms with E-state index in [4.69, 9.17) is 4.74 Å². The Balaban J connectivity index is 1.65. The first-order valence-electron chi connectivity index (χ1n) is 7.40. The number of hydrogen-bond acceptors (Lipinski definition) is 5. The maximum Gasteiger partial charge on any atom is 0.225 e. The van der Waals surface area contributed by atoms with Crippen LogP contribution in [0.3, 0.4) is 0 Å². The number of aromatic nitrogens is 2. The van der Waals surface area contributed by atoms with Crippen LogP contribution in [0.5, 0.6) is 5.75 Å². The fourth-order valence-electron chi connectivity index (χ4n) is 2.57. The molecule has 0 aliphatic carbocycles. The summed E-state index contributed by atoms with van der Waals surface area (Å²) < 4.78 is 18.7. The molecule has 3 rings (SSSR count). The number of rotatable bonds is 5. The highest BCUT2D eigenvalue weighted by Gasteiger charge is 2.14. The number of para-hydroxylation sites is 1. The van der Waals surface area contributed by atoms with Crippen LogP contribution < -0.4 is 15.0 Å². The highest BCUT2D eigenvalue weighted by Crippen LogP contribution is 2.27. The molecular weight excluding hydrogens is 283 g/mol. The fourth-order valence-corrected chi connectivity index (χ4v) is 2.57. The first-order valence-corrected chi connectivity index (χ1v) is 7.40. The molecule has 6 heteroatoms. The Morgan fingerprint density at radius 3 is 2.64 bits per heavy atom. The molecule has 0 unspecified atom stereocenters. The normalized spacial score (nSPS) is 14.2. The summed E-state index contributed by atoms with van der Waals surface area (Å²) in [6.45, 7) is 2.57. The molecule has 0 atom stereocenters. The molecular formula is C16H19FN4O. The van der Waals surface area contributed by atoms with Crippen LogP contribution in [-0.2, 0) is 6.54 Å². The van der Waals surface area contributed by atoms with Gasteiger partial charge in [-0.05, 0) is 25.0 Å². The Bertz CT molecular complexity index is 627. The van der Waals surface area contributed by atoms with E-state index in [-0.39, 0.29) is 11.6 Å². The highest BCUT2D eigenvalue weighted by atomic mass is 19.1. The summed E-state index contributed by atoms with van der Waals surface area (Å²) in [6.07, 6.45) is 6.01. The molecule has 2 heterocycles. The third-order valence-corrected chi connectivity index (χ3v) is 3.73. The minimum atomic E-state index is -0.381. The second-order valence-corrected chi connectivity index (χ2v) is 5.26. The highest BCUT2D eigenvalue weighted by molar-refractivity contribution is 5.57. The van der Waals surface area contributed by atoms with E-state index in [1.165, 1.54) is 26.0 Å². The number of anilines is 2. The predicted octanol–water partition coefficient (Wildman–Crippen LogP) is 2.84. The fraction of sp³-hybridized carbons (Fsp3) is 0.375. The molecule has 116 valence electrons. The molecule has 2 aromatic rings. The number of benzene rings is 1. The lowest BCUT2D eigenvalue weighted by atomic mass is 10.2.